The highest BCUT2D eigenvalue weighted by Gasteiger charge is 2.55. The van der Waals surface area contributed by atoms with E-state index in [2.05, 4.69) is 20.1 Å². The van der Waals surface area contributed by atoms with Crippen LogP contribution >= 0.6 is 11.3 Å². The lowest BCUT2D eigenvalue weighted by atomic mass is 9.71. The second-order valence-corrected chi connectivity index (χ2v) is 7.55. The Bertz CT molecular complexity index is 545. The first-order valence-corrected chi connectivity index (χ1v) is 8.53. The van der Waals surface area contributed by atoms with E-state index in [1.165, 1.54) is 11.3 Å². The Morgan fingerprint density at radius 2 is 2.23 bits per heavy atom. The van der Waals surface area contributed by atoms with Crippen LogP contribution < -0.4 is 5.32 Å². The largest absolute Gasteiger partial charge is 0.376 e. The highest BCUT2D eigenvalue weighted by molar-refractivity contribution is 7.09. The second kappa shape index (κ2) is 6.23. The smallest absolute Gasteiger partial charge is 0.271 e. The number of rotatable bonds is 5. The minimum absolute atomic E-state index is 0.0662. The molecule has 122 valence electrons. The van der Waals surface area contributed by atoms with Gasteiger partial charge in [-0.3, -0.25) is 4.79 Å². The Labute approximate surface area is 135 Å². The van der Waals surface area contributed by atoms with Gasteiger partial charge in [0.05, 0.1) is 18.2 Å². The molecule has 1 saturated carbocycles. The number of aromatic nitrogens is 1. The predicted octanol–water partition coefficient (Wildman–Crippen LogP) is 0.652. The number of carbonyl (C=O) groups excluding carboxylic acids is 1. The van der Waals surface area contributed by atoms with Gasteiger partial charge in [0.1, 0.15) is 10.7 Å². The number of nitrogens with zero attached hydrogens (tertiary/aromatic N) is 3. The number of hydrogen-bond donors (Lipinski definition) is 1. The maximum atomic E-state index is 12.5. The van der Waals surface area contributed by atoms with E-state index in [0.717, 1.165) is 24.6 Å². The summed E-state index contributed by atoms with van der Waals surface area (Å²) in [7, 11) is 8.08. The van der Waals surface area contributed by atoms with Crippen molar-refractivity contribution in [3.8, 4) is 0 Å². The van der Waals surface area contributed by atoms with Crippen LogP contribution in [0, 0.1) is 5.92 Å². The number of thiazole rings is 1. The van der Waals surface area contributed by atoms with Gasteiger partial charge in [-0.25, -0.2) is 4.98 Å². The van der Waals surface area contributed by atoms with Gasteiger partial charge < -0.3 is 19.9 Å². The zero-order valence-corrected chi connectivity index (χ0v) is 14.4. The first-order valence-electron chi connectivity index (χ1n) is 7.65. The predicted molar refractivity (Wildman–Crippen MR) is 86.1 cm³/mol. The van der Waals surface area contributed by atoms with E-state index in [1.54, 1.807) is 0 Å². The van der Waals surface area contributed by atoms with Crippen molar-refractivity contribution in [1.82, 2.24) is 20.1 Å². The van der Waals surface area contributed by atoms with E-state index in [0.29, 0.717) is 11.6 Å². The Balaban J connectivity index is 1.64. The fourth-order valence-corrected chi connectivity index (χ4v) is 4.36. The van der Waals surface area contributed by atoms with Crippen molar-refractivity contribution < 1.29 is 9.53 Å². The van der Waals surface area contributed by atoms with Crippen LogP contribution in [0.2, 0.25) is 0 Å². The molecule has 2 heterocycles. The first kappa shape index (κ1) is 15.9. The highest BCUT2D eigenvalue weighted by Crippen LogP contribution is 2.41. The van der Waals surface area contributed by atoms with Crippen LogP contribution in [0.1, 0.15) is 21.9 Å². The van der Waals surface area contributed by atoms with Gasteiger partial charge in [0.25, 0.3) is 5.91 Å². The molecule has 0 bridgehead atoms. The summed E-state index contributed by atoms with van der Waals surface area (Å²) in [6, 6.07) is 0.422. The van der Waals surface area contributed by atoms with Crippen molar-refractivity contribution in [2.24, 2.45) is 5.92 Å². The molecule has 1 aliphatic heterocycles. The highest BCUT2D eigenvalue weighted by atomic mass is 32.1. The van der Waals surface area contributed by atoms with Crippen molar-refractivity contribution in [2.75, 3.05) is 34.8 Å². The minimum atomic E-state index is -0.0662. The van der Waals surface area contributed by atoms with Crippen LogP contribution in [0.4, 0.5) is 0 Å². The SMILES string of the molecule is CN(C)Cc1nc(C(=O)N[C@H]2[C@H]3CCO[C@H]3[C@@H]2N(C)C)cs1. The molecule has 1 aliphatic carbocycles. The van der Waals surface area contributed by atoms with Gasteiger partial charge in [-0.1, -0.05) is 0 Å². The Morgan fingerprint density at radius 3 is 2.91 bits per heavy atom. The summed E-state index contributed by atoms with van der Waals surface area (Å²) >= 11 is 1.54. The van der Waals surface area contributed by atoms with Crippen molar-refractivity contribution >= 4 is 17.2 Å². The molecule has 3 rings (SSSR count). The fraction of sp³-hybridized carbons (Fsp3) is 0.733. The van der Waals surface area contributed by atoms with E-state index in [-0.39, 0.29) is 24.1 Å². The van der Waals surface area contributed by atoms with Gasteiger partial charge in [0.15, 0.2) is 0 Å². The third-order valence-corrected chi connectivity index (χ3v) is 5.31. The summed E-state index contributed by atoms with van der Waals surface area (Å²) in [5.74, 6) is 0.375. The molecule has 2 aliphatic rings. The van der Waals surface area contributed by atoms with Crippen molar-refractivity contribution in [2.45, 2.75) is 31.2 Å². The van der Waals surface area contributed by atoms with Crippen molar-refractivity contribution in [3.05, 3.63) is 16.1 Å². The molecule has 7 heteroatoms. The molecule has 1 saturated heterocycles. The molecule has 1 aromatic rings. The average molecular weight is 324 g/mol. The van der Waals surface area contributed by atoms with Gasteiger partial charge in [-0.05, 0) is 34.6 Å². The number of likely N-dealkylation sites (N-methyl/N-ethyl adjacent to an activating group) is 1. The number of ether oxygens (including phenoxy) is 1. The fourth-order valence-electron chi connectivity index (χ4n) is 3.47. The summed E-state index contributed by atoms with van der Waals surface area (Å²) in [4.78, 5) is 21.1. The first-order chi connectivity index (χ1) is 10.5. The molecule has 4 atom stereocenters. The number of nitrogens with one attached hydrogen (secondary N) is 1. The lowest BCUT2D eigenvalue weighted by molar-refractivity contribution is -0.0664. The molecule has 0 spiro atoms. The quantitative estimate of drug-likeness (QED) is 0.862. The maximum Gasteiger partial charge on any atom is 0.271 e. The molecule has 1 aromatic heterocycles. The molecule has 6 nitrogen and oxygen atoms in total. The molecule has 2 fully saturated rings. The number of fused-ring (bicyclic) bond motifs is 1. The third-order valence-electron chi connectivity index (χ3n) is 4.48. The van der Waals surface area contributed by atoms with Gasteiger partial charge in [0, 0.05) is 24.4 Å². The summed E-state index contributed by atoms with van der Waals surface area (Å²) < 4.78 is 5.78. The zero-order valence-electron chi connectivity index (χ0n) is 13.6. The monoisotopic (exact) mass is 324 g/mol. The Morgan fingerprint density at radius 1 is 1.45 bits per heavy atom. The Hall–Kier alpha value is -1.02. The molecular formula is C15H24N4O2S. The molecule has 0 aromatic carbocycles. The topological polar surface area (TPSA) is 57.7 Å². The molecule has 0 unspecified atom stereocenters. The normalized spacial score (nSPS) is 30.5. The molecule has 1 amide bonds. The summed E-state index contributed by atoms with van der Waals surface area (Å²) in [6.07, 6.45) is 1.29. The number of hydrogen-bond acceptors (Lipinski definition) is 6. The summed E-state index contributed by atoms with van der Waals surface area (Å²) in [5.41, 5.74) is 0.529. The van der Waals surface area contributed by atoms with E-state index < -0.39 is 0 Å². The zero-order chi connectivity index (χ0) is 15.9. The van der Waals surface area contributed by atoms with E-state index in [4.69, 9.17) is 4.74 Å². The van der Waals surface area contributed by atoms with E-state index >= 15 is 0 Å². The summed E-state index contributed by atoms with van der Waals surface area (Å²) in [6.45, 7) is 1.57. The molecular weight excluding hydrogens is 300 g/mol. The van der Waals surface area contributed by atoms with Crippen molar-refractivity contribution in [1.29, 1.82) is 0 Å². The summed E-state index contributed by atoms with van der Waals surface area (Å²) in [5, 5.41) is 5.99. The van der Waals surface area contributed by atoms with E-state index in [9.17, 15) is 4.79 Å². The van der Waals surface area contributed by atoms with Crippen LogP contribution in [-0.4, -0.2) is 73.7 Å². The van der Waals surface area contributed by atoms with Gasteiger partial charge >= 0.3 is 0 Å². The van der Waals surface area contributed by atoms with Crippen LogP contribution in [0.5, 0.6) is 0 Å². The number of amides is 1. The standard InChI is InChI=1S/C15H24N4O2S/c1-18(2)7-11-16-10(8-22-11)15(20)17-12-9-5-6-21-14(9)13(12)19(3)4/h8-9,12-14H,5-7H2,1-4H3,(H,17,20)/t9-,12+,13-,14-/m1/s1. The van der Waals surface area contributed by atoms with Crippen LogP contribution in [0.15, 0.2) is 5.38 Å². The third kappa shape index (κ3) is 2.90. The number of carbonyl (C=O) groups is 1. The van der Waals surface area contributed by atoms with Crippen LogP contribution in [0.3, 0.4) is 0 Å². The molecule has 22 heavy (non-hydrogen) atoms. The second-order valence-electron chi connectivity index (χ2n) is 6.61. The maximum absolute atomic E-state index is 12.5. The van der Waals surface area contributed by atoms with E-state index in [1.807, 2.05) is 33.6 Å². The molecule has 0 radical (unpaired) electrons. The van der Waals surface area contributed by atoms with Gasteiger partial charge in [-0.2, -0.15) is 0 Å². The molecule has 1 N–H and O–H groups in total. The van der Waals surface area contributed by atoms with Crippen LogP contribution in [-0.2, 0) is 11.3 Å². The van der Waals surface area contributed by atoms with Crippen LogP contribution in [0.25, 0.3) is 0 Å². The van der Waals surface area contributed by atoms with Gasteiger partial charge in [-0.15, -0.1) is 11.3 Å². The van der Waals surface area contributed by atoms with Crippen molar-refractivity contribution in [3.63, 3.8) is 0 Å². The Kier molecular flexibility index (Phi) is 4.49. The average Bonchev–Trinajstić information content (AvgIpc) is 3.02. The van der Waals surface area contributed by atoms with Gasteiger partial charge in [0.2, 0.25) is 0 Å². The lowest BCUT2D eigenvalue weighted by Crippen LogP contribution is -2.69. The lowest BCUT2D eigenvalue weighted by Gasteiger charge is -2.50. The minimum Gasteiger partial charge on any atom is -0.376 e.